The SMILES string of the molecule is COc1ccc(-c2nsc(C(=O)N(c3ccc(C)cc3)C(C(=O)NC3CCCC3)c3ccc(OC)cc3)c2N)cc1. The van der Waals surface area contributed by atoms with Crippen LogP contribution in [-0.4, -0.2) is 36.4 Å². The molecule has 1 heterocycles. The Labute approximate surface area is 244 Å². The summed E-state index contributed by atoms with van der Waals surface area (Å²) in [6.07, 6.45) is 3.99. The van der Waals surface area contributed by atoms with E-state index in [0.29, 0.717) is 28.4 Å². The molecule has 0 radical (unpaired) electrons. The van der Waals surface area contributed by atoms with Crippen molar-refractivity contribution in [1.82, 2.24) is 9.69 Å². The molecule has 0 aliphatic heterocycles. The first-order chi connectivity index (χ1) is 19.9. The summed E-state index contributed by atoms with van der Waals surface area (Å²) in [5, 5.41) is 3.21. The van der Waals surface area contributed by atoms with Gasteiger partial charge in [0.05, 0.1) is 19.9 Å². The number of amides is 2. The Hall–Kier alpha value is -4.37. The predicted molar refractivity (Wildman–Crippen MR) is 163 cm³/mol. The van der Waals surface area contributed by atoms with Gasteiger partial charge in [0.2, 0.25) is 5.91 Å². The first-order valence-corrected chi connectivity index (χ1v) is 14.4. The zero-order chi connectivity index (χ0) is 28.9. The molecular weight excluding hydrogens is 536 g/mol. The second-order valence-electron chi connectivity index (χ2n) is 10.2. The molecule has 212 valence electrons. The van der Waals surface area contributed by atoms with E-state index in [9.17, 15) is 9.59 Å². The third-order valence-corrected chi connectivity index (χ3v) is 8.31. The molecule has 1 aromatic heterocycles. The molecule has 1 atom stereocenters. The van der Waals surface area contributed by atoms with Gasteiger partial charge in [-0.3, -0.25) is 14.5 Å². The van der Waals surface area contributed by atoms with Gasteiger partial charge < -0.3 is 20.5 Å². The number of carbonyl (C=O) groups is 2. The molecule has 2 amide bonds. The molecule has 3 N–H and O–H groups in total. The normalized spacial score (nSPS) is 13.9. The van der Waals surface area contributed by atoms with Crippen LogP contribution >= 0.6 is 11.5 Å². The first kappa shape index (κ1) is 28.2. The molecule has 1 aliphatic carbocycles. The van der Waals surface area contributed by atoms with Crippen LogP contribution < -0.4 is 25.4 Å². The smallest absolute Gasteiger partial charge is 0.273 e. The van der Waals surface area contributed by atoms with Crippen molar-refractivity contribution in [3.63, 3.8) is 0 Å². The number of rotatable bonds is 9. The number of hydrogen-bond donors (Lipinski definition) is 2. The van der Waals surface area contributed by atoms with Gasteiger partial charge in [0, 0.05) is 17.3 Å². The van der Waals surface area contributed by atoms with Crippen molar-refractivity contribution in [1.29, 1.82) is 0 Å². The zero-order valence-corrected chi connectivity index (χ0v) is 24.2. The van der Waals surface area contributed by atoms with Gasteiger partial charge in [-0.1, -0.05) is 42.7 Å². The van der Waals surface area contributed by atoms with Crippen LogP contribution in [0.1, 0.15) is 52.5 Å². The molecule has 1 aliphatic rings. The summed E-state index contributed by atoms with van der Waals surface area (Å²) in [6, 6.07) is 21.3. The van der Waals surface area contributed by atoms with E-state index in [1.165, 1.54) is 4.90 Å². The number of anilines is 2. The van der Waals surface area contributed by atoms with Gasteiger partial charge in [-0.2, -0.15) is 4.37 Å². The van der Waals surface area contributed by atoms with Crippen LogP contribution in [0.5, 0.6) is 11.5 Å². The van der Waals surface area contributed by atoms with Gasteiger partial charge in [0.15, 0.2) is 0 Å². The molecule has 1 unspecified atom stereocenters. The number of carbonyl (C=O) groups excluding carboxylic acids is 2. The summed E-state index contributed by atoms with van der Waals surface area (Å²) < 4.78 is 15.2. The fraction of sp³-hybridized carbons (Fsp3) is 0.281. The quantitative estimate of drug-likeness (QED) is 0.249. The Balaban J connectivity index is 1.59. The minimum atomic E-state index is -0.942. The summed E-state index contributed by atoms with van der Waals surface area (Å²) >= 11 is 1.03. The minimum Gasteiger partial charge on any atom is -0.497 e. The number of ether oxygens (including phenoxy) is 2. The van der Waals surface area contributed by atoms with Gasteiger partial charge >= 0.3 is 0 Å². The van der Waals surface area contributed by atoms with E-state index in [-0.39, 0.29) is 22.5 Å². The number of aromatic nitrogens is 1. The van der Waals surface area contributed by atoms with Crippen molar-refractivity contribution in [3.8, 4) is 22.8 Å². The molecule has 8 nitrogen and oxygen atoms in total. The zero-order valence-electron chi connectivity index (χ0n) is 23.4. The number of hydrogen-bond acceptors (Lipinski definition) is 7. The molecule has 4 aromatic rings. The van der Waals surface area contributed by atoms with E-state index >= 15 is 0 Å². The van der Waals surface area contributed by atoms with Gasteiger partial charge in [-0.05, 0) is 85.4 Å². The van der Waals surface area contributed by atoms with Crippen LogP contribution in [0.4, 0.5) is 11.4 Å². The van der Waals surface area contributed by atoms with Crippen LogP contribution in [0, 0.1) is 6.92 Å². The Morgan fingerprint density at radius 1 is 0.927 bits per heavy atom. The average molecular weight is 571 g/mol. The lowest BCUT2D eigenvalue weighted by atomic mass is 10.0. The molecule has 9 heteroatoms. The lowest BCUT2D eigenvalue weighted by molar-refractivity contribution is -0.123. The number of nitrogens with one attached hydrogen (secondary N) is 1. The van der Waals surface area contributed by atoms with Crippen LogP contribution in [0.2, 0.25) is 0 Å². The van der Waals surface area contributed by atoms with E-state index < -0.39 is 11.9 Å². The average Bonchev–Trinajstić information content (AvgIpc) is 3.65. The summed E-state index contributed by atoms with van der Waals surface area (Å²) in [5.41, 5.74) is 10.4. The standard InChI is InChI=1S/C32H34N4O4S/c1-20-8-14-24(15-9-20)36(32(38)30-27(33)28(35-41-30)21-10-16-25(39-2)17-11-21)29(22-12-18-26(40-3)19-13-22)31(37)34-23-6-4-5-7-23/h8-19,23,29H,4-7,33H2,1-3H3,(H,34,37). The van der Waals surface area contributed by atoms with Crippen molar-refractivity contribution in [2.45, 2.75) is 44.7 Å². The highest BCUT2D eigenvalue weighted by molar-refractivity contribution is 7.09. The van der Waals surface area contributed by atoms with Crippen LogP contribution in [0.3, 0.4) is 0 Å². The van der Waals surface area contributed by atoms with Gasteiger partial charge in [0.25, 0.3) is 5.91 Å². The van der Waals surface area contributed by atoms with Gasteiger partial charge in [-0.25, -0.2) is 0 Å². The largest absolute Gasteiger partial charge is 0.497 e. The van der Waals surface area contributed by atoms with Crippen molar-refractivity contribution in [3.05, 3.63) is 88.8 Å². The Morgan fingerprint density at radius 3 is 2.10 bits per heavy atom. The van der Waals surface area contributed by atoms with Crippen LogP contribution in [-0.2, 0) is 4.79 Å². The molecule has 0 spiro atoms. The molecule has 5 rings (SSSR count). The predicted octanol–water partition coefficient (Wildman–Crippen LogP) is 6.16. The highest BCUT2D eigenvalue weighted by Crippen LogP contribution is 2.37. The maximum absolute atomic E-state index is 14.5. The van der Waals surface area contributed by atoms with Crippen molar-refractivity contribution in [2.24, 2.45) is 0 Å². The van der Waals surface area contributed by atoms with Crippen molar-refractivity contribution in [2.75, 3.05) is 24.9 Å². The Kier molecular flexibility index (Phi) is 8.54. The Bertz CT molecular complexity index is 1490. The van der Waals surface area contributed by atoms with E-state index in [0.717, 1.165) is 48.3 Å². The van der Waals surface area contributed by atoms with E-state index in [1.807, 2.05) is 67.6 Å². The Morgan fingerprint density at radius 2 is 1.51 bits per heavy atom. The summed E-state index contributed by atoms with van der Waals surface area (Å²) in [6.45, 7) is 1.98. The van der Waals surface area contributed by atoms with E-state index in [4.69, 9.17) is 15.2 Å². The topological polar surface area (TPSA) is 107 Å². The monoisotopic (exact) mass is 570 g/mol. The minimum absolute atomic E-state index is 0.0772. The number of nitrogens with zero attached hydrogens (tertiary/aromatic N) is 2. The summed E-state index contributed by atoms with van der Waals surface area (Å²) in [7, 11) is 3.19. The lowest BCUT2D eigenvalue weighted by Gasteiger charge is -2.32. The highest BCUT2D eigenvalue weighted by atomic mass is 32.1. The molecule has 0 bridgehead atoms. The lowest BCUT2D eigenvalue weighted by Crippen LogP contribution is -2.46. The second kappa shape index (κ2) is 12.4. The first-order valence-electron chi connectivity index (χ1n) is 13.6. The number of benzene rings is 3. The van der Waals surface area contributed by atoms with Crippen LogP contribution in [0.25, 0.3) is 11.3 Å². The van der Waals surface area contributed by atoms with Gasteiger partial charge in [-0.15, -0.1) is 0 Å². The molecule has 3 aromatic carbocycles. The van der Waals surface area contributed by atoms with Crippen molar-refractivity contribution >= 4 is 34.7 Å². The third kappa shape index (κ3) is 6.05. The maximum Gasteiger partial charge on any atom is 0.273 e. The molecular formula is C32H34N4O4S. The number of methoxy groups -OCH3 is 2. The fourth-order valence-corrected chi connectivity index (χ4v) is 5.92. The molecule has 1 fully saturated rings. The van der Waals surface area contributed by atoms with Gasteiger partial charge in [0.1, 0.15) is 28.1 Å². The number of nitrogen functional groups attached to an aromatic ring is 1. The second-order valence-corrected chi connectivity index (χ2v) is 11.0. The summed E-state index contributed by atoms with van der Waals surface area (Å²) in [4.78, 5) is 30.3. The molecule has 0 saturated heterocycles. The van der Waals surface area contributed by atoms with E-state index in [1.54, 1.807) is 26.4 Å². The summed E-state index contributed by atoms with van der Waals surface area (Å²) in [5.74, 6) is 0.730. The number of nitrogens with two attached hydrogens (primary N) is 1. The highest BCUT2D eigenvalue weighted by Gasteiger charge is 2.36. The fourth-order valence-electron chi connectivity index (χ4n) is 5.16. The van der Waals surface area contributed by atoms with Crippen molar-refractivity contribution < 1.29 is 19.1 Å². The van der Waals surface area contributed by atoms with Crippen LogP contribution in [0.15, 0.2) is 72.8 Å². The third-order valence-electron chi connectivity index (χ3n) is 7.46. The molecule has 1 saturated carbocycles. The molecule has 41 heavy (non-hydrogen) atoms. The maximum atomic E-state index is 14.5. The number of aryl methyl sites for hydroxylation is 1. The van der Waals surface area contributed by atoms with E-state index in [2.05, 4.69) is 9.69 Å².